The first kappa shape index (κ1) is 11.5. The quantitative estimate of drug-likeness (QED) is 0.838. The molecule has 0 aromatic heterocycles. The SMILES string of the molecule is CC(CO)SCc1cc(F)ccc1F. The minimum atomic E-state index is -0.432. The fourth-order valence-corrected chi connectivity index (χ4v) is 1.73. The van der Waals surface area contributed by atoms with Crippen LogP contribution in [0.4, 0.5) is 8.78 Å². The number of hydrogen-bond donors (Lipinski definition) is 1. The molecule has 1 aromatic rings. The highest BCUT2D eigenvalue weighted by Crippen LogP contribution is 2.20. The smallest absolute Gasteiger partial charge is 0.127 e. The van der Waals surface area contributed by atoms with Crippen molar-refractivity contribution in [1.29, 1.82) is 0 Å². The Labute approximate surface area is 86.1 Å². The Kier molecular flexibility index (Phi) is 4.35. The van der Waals surface area contributed by atoms with Crippen LogP contribution in [0.5, 0.6) is 0 Å². The molecule has 1 rings (SSSR count). The first-order valence-corrected chi connectivity index (χ1v) is 5.34. The van der Waals surface area contributed by atoms with Gasteiger partial charge in [-0.05, 0) is 18.2 Å². The molecule has 0 fully saturated rings. The number of thioether (sulfide) groups is 1. The van der Waals surface area contributed by atoms with E-state index in [0.29, 0.717) is 11.3 Å². The van der Waals surface area contributed by atoms with Gasteiger partial charge in [-0.25, -0.2) is 8.78 Å². The summed E-state index contributed by atoms with van der Waals surface area (Å²) >= 11 is 1.40. The van der Waals surface area contributed by atoms with E-state index in [1.807, 2.05) is 6.92 Å². The third kappa shape index (κ3) is 3.27. The molecule has 0 radical (unpaired) electrons. The van der Waals surface area contributed by atoms with Crippen molar-refractivity contribution < 1.29 is 13.9 Å². The van der Waals surface area contributed by atoms with Crippen LogP contribution < -0.4 is 0 Å². The van der Waals surface area contributed by atoms with Gasteiger partial charge in [-0.1, -0.05) is 6.92 Å². The van der Waals surface area contributed by atoms with E-state index in [9.17, 15) is 8.78 Å². The molecule has 1 aromatic carbocycles. The van der Waals surface area contributed by atoms with Gasteiger partial charge in [-0.15, -0.1) is 0 Å². The zero-order valence-corrected chi connectivity index (χ0v) is 8.65. The van der Waals surface area contributed by atoms with E-state index in [0.717, 1.165) is 12.1 Å². The fraction of sp³-hybridized carbons (Fsp3) is 0.400. The average Bonchev–Trinajstić information content (AvgIpc) is 2.19. The van der Waals surface area contributed by atoms with Crippen LogP contribution in [0.3, 0.4) is 0 Å². The van der Waals surface area contributed by atoms with Gasteiger partial charge in [0.1, 0.15) is 11.6 Å². The predicted octanol–water partition coefficient (Wildman–Crippen LogP) is 2.58. The third-order valence-corrected chi connectivity index (χ3v) is 2.98. The Morgan fingerprint density at radius 1 is 1.43 bits per heavy atom. The van der Waals surface area contributed by atoms with Crippen molar-refractivity contribution in [3.63, 3.8) is 0 Å². The van der Waals surface area contributed by atoms with Crippen LogP contribution in [0.15, 0.2) is 18.2 Å². The molecule has 0 heterocycles. The number of aliphatic hydroxyl groups is 1. The number of hydrogen-bond acceptors (Lipinski definition) is 2. The van der Waals surface area contributed by atoms with E-state index in [1.54, 1.807) is 0 Å². The highest BCUT2D eigenvalue weighted by Gasteiger charge is 2.06. The van der Waals surface area contributed by atoms with Gasteiger partial charge in [0.05, 0.1) is 6.61 Å². The normalized spacial score (nSPS) is 12.9. The molecule has 0 amide bonds. The van der Waals surface area contributed by atoms with Gasteiger partial charge in [-0.3, -0.25) is 0 Å². The molecule has 0 aliphatic rings. The van der Waals surface area contributed by atoms with E-state index in [4.69, 9.17) is 5.11 Å². The standard InChI is InChI=1S/C10H12F2OS/c1-7(5-13)14-6-8-4-9(11)2-3-10(8)12/h2-4,7,13H,5-6H2,1H3. The second kappa shape index (κ2) is 5.32. The number of halogens is 2. The Bertz CT molecular complexity index is 304. The summed E-state index contributed by atoms with van der Waals surface area (Å²) in [5, 5.41) is 8.79. The van der Waals surface area contributed by atoms with Gasteiger partial charge in [0, 0.05) is 16.6 Å². The highest BCUT2D eigenvalue weighted by atomic mass is 32.2. The molecule has 0 spiro atoms. The van der Waals surface area contributed by atoms with Crippen molar-refractivity contribution in [3.05, 3.63) is 35.4 Å². The maximum atomic E-state index is 13.1. The summed E-state index contributed by atoms with van der Waals surface area (Å²) in [5.74, 6) is -0.451. The molecule has 1 nitrogen and oxygen atoms in total. The minimum absolute atomic E-state index is 0.0395. The zero-order chi connectivity index (χ0) is 10.6. The van der Waals surface area contributed by atoms with E-state index in [1.165, 1.54) is 17.8 Å². The Morgan fingerprint density at radius 3 is 2.79 bits per heavy atom. The summed E-state index contributed by atoms with van der Waals surface area (Å²) in [6.07, 6.45) is 0. The van der Waals surface area contributed by atoms with Crippen LogP contribution in [0.25, 0.3) is 0 Å². The van der Waals surface area contributed by atoms with Crippen LogP contribution in [-0.2, 0) is 5.75 Å². The maximum absolute atomic E-state index is 13.1. The van der Waals surface area contributed by atoms with Crippen molar-refractivity contribution >= 4 is 11.8 Å². The molecule has 1 N–H and O–H groups in total. The Morgan fingerprint density at radius 2 is 2.14 bits per heavy atom. The van der Waals surface area contributed by atoms with Crippen LogP contribution in [-0.4, -0.2) is 17.0 Å². The van der Waals surface area contributed by atoms with E-state index < -0.39 is 11.6 Å². The largest absolute Gasteiger partial charge is 0.395 e. The lowest BCUT2D eigenvalue weighted by Crippen LogP contribution is -2.03. The fourth-order valence-electron chi connectivity index (χ4n) is 0.939. The van der Waals surface area contributed by atoms with Crippen molar-refractivity contribution in [3.8, 4) is 0 Å². The molecule has 0 saturated carbocycles. The zero-order valence-electron chi connectivity index (χ0n) is 7.84. The van der Waals surface area contributed by atoms with E-state index >= 15 is 0 Å². The monoisotopic (exact) mass is 218 g/mol. The van der Waals surface area contributed by atoms with Gasteiger partial charge < -0.3 is 5.11 Å². The molecule has 78 valence electrons. The summed E-state index contributed by atoms with van der Waals surface area (Å²) in [5.41, 5.74) is 0.343. The molecule has 1 unspecified atom stereocenters. The van der Waals surface area contributed by atoms with Crippen molar-refractivity contribution in [1.82, 2.24) is 0 Å². The number of rotatable bonds is 4. The topological polar surface area (TPSA) is 20.2 Å². The lowest BCUT2D eigenvalue weighted by Gasteiger charge is -2.07. The molecule has 0 aliphatic heterocycles. The summed E-state index contributed by atoms with van der Waals surface area (Å²) < 4.78 is 25.8. The Hall–Kier alpha value is -0.610. The second-order valence-electron chi connectivity index (χ2n) is 3.04. The molecular formula is C10H12F2OS. The first-order chi connectivity index (χ1) is 6.63. The van der Waals surface area contributed by atoms with Gasteiger partial charge in [0.25, 0.3) is 0 Å². The molecule has 0 saturated heterocycles. The Balaban J connectivity index is 2.62. The molecule has 4 heteroatoms. The first-order valence-electron chi connectivity index (χ1n) is 4.30. The van der Waals surface area contributed by atoms with Crippen LogP contribution >= 0.6 is 11.8 Å². The highest BCUT2D eigenvalue weighted by molar-refractivity contribution is 7.99. The molecular weight excluding hydrogens is 206 g/mol. The summed E-state index contributed by atoms with van der Waals surface area (Å²) in [4.78, 5) is 0. The second-order valence-corrected chi connectivity index (χ2v) is 4.47. The average molecular weight is 218 g/mol. The number of benzene rings is 1. The molecule has 14 heavy (non-hydrogen) atoms. The van der Waals surface area contributed by atoms with Crippen molar-refractivity contribution in [2.24, 2.45) is 0 Å². The summed E-state index contributed by atoms with van der Waals surface area (Å²) in [7, 11) is 0. The minimum Gasteiger partial charge on any atom is -0.395 e. The van der Waals surface area contributed by atoms with Gasteiger partial charge in [0.15, 0.2) is 0 Å². The van der Waals surface area contributed by atoms with Gasteiger partial charge in [0.2, 0.25) is 0 Å². The molecule has 0 aliphatic carbocycles. The van der Waals surface area contributed by atoms with E-state index in [2.05, 4.69) is 0 Å². The van der Waals surface area contributed by atoms with Crippen molar-refractivity contribution in [2.45, 2.75) is 17.9 Å². The van der Waals surface area contributed by atoms with Crippen LogP contribution in [0.2, 0.25) is 0 Å². The molecule has 0 bridgehead atoms. The summed E-state index contributed by atoms with van der Waals surface area (Å²) in [6.45, 7) is 1.88. The molecule has 1 atom stereocenters. The lowest BCUT2D eigenvalue weighted by atomic mass is 10.2. The van der Waals surface area contributed by atoms with E-state index in [-0.39, 0.29) is 11.9 Å². The third-order valence-electron chi connectivity index (χ3n) is 1.79. The van der Waals surface area contributed by atoms with Gasteiger partial charge >= 0.3 is 0 Å². The van der Waals surface area contributed by atoms with Crippen molar-refractivity contribution in [2.75, 3.05) is 6.61 Å². The van der Waals surface area contributed by atoms with Crippen LogP contribution in [0, 0.1) is 11.6 Å². The lowest BCUT2D eigenvalue weighted by molar-refractivity contribution is 0.300. The summed E-state index contributed by atoms with van der Waals surface area (Å²) in [6, 6.07) is 3.40. The maximum Gasteiger partial charge on any atom is 0.127 e. The van der Waals surface area contributed by atoms with Crippen LogP contribution in [0.1, 0.15) is 12.5 Å². The number of aliphatic hydroxyl groups excluding tert-OH is 1. The predicted molar refractivity (Wildman–Crippen MR) is 54.2 cm³/mol. The van der Waals surface area contributed by atoms with Gasteiger partial charge in [-0.2, -0.15) is 11.8 Å².